The summed E-state index contributed by atoms with van der Waals surface area (Å²) in [4.78, 5) is 7.65. The number of rotatable bonds is 5. The van der Waals surface area contributed by atoms with Gasteiger partial charge < -0.3 is 10.5 Å². The van der Waals surface area contributed by atoms with E-state index in [-0.39, 0.29) is 6.23 Å². The van der Waals surface area contributed by atoms with E-state index in [9.17, 15) is 0 Å². The summed E-state index contributed by atoms with van der Waals surface area (Å²) in [5.74, 6) is 0. The van der Waals surface area contributed by atoms with Gasteiger partial charge in [-0.25, -0.2) is 4.99 Å². The van der Waals surface area contributed by atoms with Crippen molar-refractivity contribution in [2.24, 2.45) is 15.7 Å². The maximum absolute atomic E-state index is 5.20. The van der Waals surface area contributed by atoms with Crippen molar-refractivity contribution in [1.82, 2.24) is 0 Å². The van der Waals surface area contributed by atoms with Crippen molar-refractivity contribution in [2.75, 3.05) is 19.7 Å². The molecule has 0 radical (unpaired) electrons. The number of hydrogen-bond donors (Lipinski definition) is 1. The van der Waals surface area contributed by atoms with Crippen LogP contribution >= 0.6 is 0 Å². The van der Waals surface area contributed by atoms with Crippen molar-refractivity contribution < 1.29 is 4.74 Å². The van der Waals surface area contributed by atoms with E-state index >= 15 is 0 Å². The van der Waals surface area contributed by atoms with Crippen molar-refractivity contribution in [2.45, 2.75) is 20.1 Å². The van der Waals surface area contributed by atoms with Gasteiger partial charge in [-0.3, -0.25) is 0 Å². The Morgan fingerprint density at radius 1 is 1.64 bits per heavy atom. The highest BCUT2D eigenvalue weighted by molar-refractivity contribution is 5.41. The fourth-order valence-corrected chi connectivity index (χ4v) is 0.515. The first kappa shape index (κ1) is 10.3. The molecule has 0 rings (SSSR count). The Labute approximate surface area is 67.2 Å². The lowest BCUT2D eigenvalue weighted by Crippen LogP contribution is -2.04. The van der Waals surface area contributed by atoms with Gasteiger partial charge in [0.15, 0.2) is 6.23 Å². The molecule has 0 spiro atoms. The number of nitrogens with zero attached hydrogens (tertiary/aromatic N) is 2. The molecule has 1 unspecified atom stereocenters. The van der Waals surface area contributed by atoms with Crippen LogP contribution in [0.2, 0.25) is 0 Å². The number of hydrogen-bond acceptors (Lipinski definition) is 4. The lowest BCUT2D eigenvalue weighted by atomic mass is 10.7. The first-order valence-electron chi connectivity index (χ1n) is 3.74. The molecule has 11 heavy (non-hydrogen) atoms. The van der Waals surface area contributed by atoms with E-state index in [0.29, 0.717) is 19.7 Å². The molecule has 0 aliphatic heterocycles. The monoisotopic (exact) mass is 157 g/mol. The van der Waals surface area contributed by atoms with Crippen molar-refractivity contribution in [1.29, 1.82) is 0 Å². The van der Waals surface area contributed by atoms with Crippen LogP contribution in [0.1, 0.15) is 13.8 Å². The van der Waals surface area contributed by atoms with Crippen molar-refractivity contribution in [3.05, 3.63) is 0 Å². The molecular weight excluding hydrogens is 142 g/mol. The molecule has 0 heterocycles. The Morgan fingerprint density at radius 3 is 2.91 bits per heavy atom. The largest absolute Gasteiger partial charge is 0.356 e. The van der Waals surface area contributed by atoms with Crippen LogP contribution in [0.5, 0.6) is 0 Å². The minimum atomic E-state index is -0.151. The summed E-state index contributed by atoms with van der Waals surface area (Å²) in [5.41, 5.74) is 5.20. The zero-order valence-corrected chi connectivity index (χ0v) is 7.08. The topological polar surface area (TPSA) is 60.0 Å². The van der Waals surface area contributed by atoms with Crippen LogP contribution in [-0.2, 0) is 4.74 Å². The molecule has 0 fully saturated rings. The van der Waals surface area contributed by atoms with Crippen molar-refractivity contribution in [3.63, 3.8) is 0 Å². The Hall–Kier alpha value is -0.700. The Morgan fingerprint density at radius 2 is 2.36 bits per heavy atom. The average Bonchev–Trinajstić information content (AvgIpc) is 1.99. The molecule has 1 atom stereocenters. The van der Waals surface area contributed by atoms with E-state index < -0.39 is 0 Å². The molecule has 0 aliphatic carbocycles. The fraction of sp³-hybridized carbons (Fsp3) is 0.857. The zero-order chi connectivity index (χ0) is 8.53. The molecule has 0 aromatic carbocycles. The molecule has 0 amide bonds. The van der Waals surface area contributed by atoms with E-state index in [0.717, 1.165) is 0 Å². The third-order valence-corrected chi connectivity index (χ3v) is 0.959. The standard InChI is InChI=1S/C7H15N3O/c1-3-11-7(2)10-6-9-5-4-8/h7H,3-5,8H2,1-2H3. The van der Waals surface area contributed by atoms with Crippen LogP contribution in [0, 0.1) is 0 Å². The number of aliphatic imine (C=N–C) groups is 2. The van der Waals surface area contributed by atoms with E-state index in [1.165, 1.54) is 0 Å². The van der Waals surface area contributed by atoms with Gasteiger partial charge in [0, 0.05) is 13.2 Å². The van der Waals surface area contributed by atoms with Crippen LogP contribution in [0.3, 0.4) is 0 Å². The van der Waals surface area contributed by atoms with Gasteiger partial charge in [-0.15, -0.1) is 0 Å². The van der Waals surface area contributed by atoms with Crippen molar-refractivity contribution >= 4 is 6.01 Å². The maximum Gasteiger partial charge on any atom is 0.155 e. The molecule has 0 aromatic rings. The zero-order valence-electron chi connectivity index (χ0n) is 7.08. The average molecular weight is 157 g/mol. The summed E-state index contributed by atoms with van der Waals surface area (Å²) < 4.78 is 5.10. The van der Waals surface area contributed by atoms with Crippen LogP contribution in [-0.4, -0.2) is 31.9 Å². The second-order valence-corrected chi connectivity index (χ2v) is 1.95. The van der Waals surface area contributed by atoms with Gasteiger partial charge in [0.25, 0.3) is 0 Å². The van der Waals surface area contributed by atoms with Crippen LogP contribution in [0.15, 0.2) is 9.98 Å². The Bertz CT molecular complexity index is 141. The summed E-state index contributed by atoms with van der Waals surface area (Å²) >= 11 is 0. The minimum Gasteiger partial charge on any atom is -0.356 e. The van der Waals surface area contributed by atoms with Gasteiger partial charge in [-0.1, -0.05) is 0 Å². The predicted octanol–water partition coefficient (Wildman–Crippen LogP) is 0.502. The highest BCUT2D eigenvalue weighted by Crippen LogP contribution is 1.88. The van der Waals surface area contributed by atoms with Gasteiger partial charge in [0.1, 0.15) is 0 Å². The highest BCUT2D eigenvalue weighted by atomic mass is 16.5. The summed E-state index contributed by atoms with van der Waals surface area (Å²) in [7, 11) is 0. The quantitative estimate of drug-likeness (QED) is 0.591. The first-order valence-corrected chi connectivity index (χ1v) is 3.74. The molecule has 0 saturated heterocycles. The van der Waals surface area contributed by atoms with Crippen LogP contribution in [0.25, 0.3) is 0 Å². The first-order chi connectivity index (χ1) is 5.31. The lowest BCUT2D eigenvalue weighted by molar-refractivity contribution is 0.0836. The summed E-state index contributed by atoms with van der Waals surface area (Å²) in [6.07, 6.45) is -0.151. The Kier molecular flexibility index (Phi) is 6.94. The van der Waals surface area contributed by atoms with Gasteiger partial charge in [-0.05, 0) is 13.8 Å². The van der Waals surface area contributed by atoms with Gasteiger partial charge >= 0.3 is 0 Å². The second-order valence-electron chi connectivity index (χ2n) is 1.95. The Balaban J connectivity index is 3.53. The molecule has 0 aromatic heterocycles. The van der Waals surface area contributed by atoms with Gasteiger partial charge in [0.05, 0.1) is 12.6 Å². The molecule has 4 heteroatoms. The third kappa shape index (κ3) is 7.19. The van der Waals surface area contributed by atoms with E-state index in [2.05, 4.69) is 16.0 Å². The molecule has 4 nitrogen and oxygen atoms in total. The predicted molar refractivity (Wildman–Crippen MR) is 44.9 cm³/mol. The lowest BCUT2D eigenvalue weighted by Gasteiger charge is -2.01. The summed E-state index contributed by atoms with van der Waals surface area (Å²) in [6.45, 7) is 5.52. The number of ether oxygens (including phenoxy) is 1. The summed E-state index contributed by atoms with van der Waals surface area (Å²) in [5, 5.41) is 0. The van der Waals surface area contributed by atoms with Crippen LogP contribution < -0.4 is 5.73 Å². The fourth-order valence-electron chi connectivity index (χ4n) is 0.515. The highest BCUT2D eigenvalue weighted by Gasteiger charge is 1.91. The minimum absolute atomic E-state index is 0.151. The molecule has 0 saturated carbocycles. The molecule has 0 bridgehead atoms. The van der Waals surface area contributed by atoms with Gasteiger partial charge in [0.2, 0.25) is 0 Å². The van der Waals surface area contributed by atoms with Gasteiger partial charge in [-0.2, -0.15) is 4.99 Å². The third-order valence-electron chi connectivity index (χ3n) is 0.959. The smallest absolute Gasteiger partial charge is 0.155 e. The van der Waals surface area contributed by atoms with Crippen LogP contribution in [0.4, 0.5) is 0 Å². The maximum atomic E-state index is 5.20. The van der Waals surface area contributed by atoms with E-state index in [1.54, 1.807) is 0 Å². The van der Waals surface area contributed by atoms with Crippen molar-refractivity contribution in [3.8, 4) is 0 Å². The summed E-state index contributed by atoms with van der Waals surface area (Å²) in [6, 6.07) is 2.52. The molecule has 2 N–H and O–H groups in total. The van der Waals surface area contributed by atoms with E-state index in [1.807, 2.05) is 13.8 Å². The van der Waals surface area contributed by atoms with E-state index in [4.69, 9.17) is 10.5 Å². The SMILES string of the molecule is CCOC(C)N=C=NCCN. The number of nitrogens with two attached hydrogens (primary N) is 1. The molecular formula is C7H15N3O. The molecule has 64 valence electrons. The molecule has 0 aliphatic rings. The normalized spacial score (nSPS) is 11.9. The second kappa shape index (κ2) is 7.41.